The maximum Gasteiger partial charge on any atom is 0.161 e. The largest absolute Gasteiger partial charge is 0.454 e. The van der Waals surface area contributed by atoms with Gasteiger partial charge in [0, 0.05) is 59.8 Å². The number of pyridine rings is 1. The smallest absolute Gasteiger partial charge is 0.161 e. The van der Waals surface area contributed by atoms with Gasteiger partial charge < -0.3 is 8.98 Å². The molecule has 0 saturated heterocycles. The number of rotatable bonds is 1. The summed E-state index contributed by atoms with van der Waals surface area (Å²) in [7, 11) is 0. The molecule has 0 fully saturated rings. The number of para-hydroxylation sites is 2. The summed E-state index contributed by atoms with van der Waals surface area (Å²) >= 11 is 1.86. The topological polar surface area (TPSA) is 31.0 Å². The van der Waals surface area contributed by atoms with Crippen molar-refractivity contribution in [2.45, 2.75) is 0 Å². The number of fused-ring (bicyclic) bond motifs is 12. The number of thiophene rings is 1. The zero-order valence-electron chi connectivity index (χ0n) is 17.4. The molecule has 4 aromatic heterocycles. The molecule has 0 spiro atoms. The first-order valence-electron chi connectivity index (χ1n) is 11.0. The SMILES string of the molecule is c1ccc2c(c1)oc1c2c2sc3ccccc3c2c2c3ccccc3n(-c3ccncc3)c12. The molecular formula is C29H16N2OS. The Labute approximate surface area is 192 Å². The normalized spacial score (nSPS) is 12.2. The average molecular weight is 441 g/mol. The van der Waals surface area contributed by atoms with Crippen molar-refractivity contribution in [2.75, 3.05) is 0 Å². The fourth-order valence-corrected chi connectivity index (χ4v) is 6.64. The minimum absolute atomic E-state index is 0.922. The summed E-state index contributed by atoms with van der Waals surface area (Å²) < 4.78 is 11.6. The van der Waals surface area contributed by atoms with E-state index in [-0.39, 0.29) is 0 Å². The quantitative estimate of drug-likeness (QED) is 0.256. The predicted molar refractivity (Wildman–Crippen MR) is 139 cm³/mol. The summed E-state index contributed by atoms with van der Waals surface area (Å²) in [5.41, 5.74) is 5.23. The highest BCUT2D eigenvalue weighted by Gasteiger charge is 2.25. The molecule has 33 heavy (non-hydrogen) atoms. The number of furan rings is 1. The molecule has 0 bridgehead atoms. The van der Waals surface area contributed by atoms with Crippen LogP contribution in [0, 0.1) is 0 Å². The van der Waals surface area contributed by atoms with Crippen molar-refractivity contribution >= 4 is 75.3 Å². The van der Waals surface area contributed by atoms with Gasteiger partial charge in [-0.3, -0.25) is 4.98 Å². The highest BCUT2D eigenvalue weighted by atomic mass is 32.1. The van der Waals surface area contributed by atoms with Crippen LogP contribution in [0.1, 0.15) is 0 Å². The molecule has 0 amide bonds. The minimum Gasteiger partial charge on any atom is -0.454 e. The van der Waals surface area contributed by atoms with Crippen molar-refractivity contribution in [2.24, 2.45) is 0 Å². The lowest BCUT2D eigenvalue weighted by molar-refractivity contribution is 0.671. The Balaban J connectivity index is 1.80. The van der Waals surface area contributed by atoms with Gasteiger partial charge in [-0.1, -0.05) is 54.6 Å². The van der Waals surface area contributed by atoms with Crippen LogP contribution >= 0.6 is 11.3 Å². The molecule has 0 radical (unpaired) electrons. The van der Waals surface area contributed by atoms with E-state index in [0.29, 0.717) is 0 Å². The molecule has 8 aromatic rings. The van der Waals surface area contributed by atoms with Crippen molar-refractivity contribution in [3.05, 3.63) is 97.3 Å². The molecule has 0 aliphatic rings. The standard InChI is InChI=1S/C29H16N2OS/c1-4-10-21-18(7-1)24-25-20-9-3-6-12-23(20)33-29(25)26-19-8-2-5-11-22(19)32-28(26)27(24)31(21)17-13-15-30-16-14-17/h1-16H. The molecule has 0 saturated carbocycles. The van der Waals surface area contributed by atoms with Gasteiger partial charge in [-0.15, -0.1) is 11.3 Å². The molecule has 8 rings (SSSR count). The lowest BCUT2D eigenvalue weighted by Crippen LogP contribution is -1.94. The lowest BCUT2D eigenvalue weighted by Gasteiger charge is -2.08. The molecule has 4 aromatic carbocycles. The number of nitrogens with zero attached hydrogens (tertiary/aromatic N) is 2. The van der Waals surface area contributed by atoms with Crippen LogP contribution in [0.3, 0.4) is 0 Å². The molecule has 3 nitrogen and oxygen atoms in total. The van der Waals surface area contributed by atoms with Crippen molar-refractivity contribution in [3.63, 3.8) is 0 Å². The van der Waals surface area contributed by atoms with E-state index in [0.717, 1.165) is 27.8 Å². The number of hydrogen-bond acceptors (Lipinski definition) is 3. The highest BCUT2D eigenvalue weighted by Crippen LogP contribution is 2.50. The molecule has 0 atom stereocenters. The Bertz CT molecular complexity index is 2030. The van der Waals surface area contributed by atoms with Crippen LogP contribution in [0.4, 0.5) is 0 Å². The maximum atomic E-state index is 6.63. The Kier molecular flexibility index (Phi) is 3.28. The van der Waals surface area contributed by atoms with Crippen LogP contribution in [0.2, 0.25) is 0 Å². The van der Waals surface area contributed by atoms with E-state index in [1.807, 2.05) is 29.8 Å². The van der Waals surface area contributed by atoms with Crippen LogP contribution in [0.5, 0.6) is 0 Å². The van der Waals surface area contributed by atoms with Gasteiger partial charge in [0.1, 0.15) is 5.58 Å². The minimum atomic E-state index is 0.922. The van der Waals surface area contributed by atoms with E-state index >= 15 is 0 Å². The zero-order chi connectivity index (χ0) is 21.5. The van der Waals surface area contributed by atoms with Gasteiger partial charge in [-0.25, -0.2) is 0 Å². The Hall–Kier alpha value is -4.15. The third kappa shape index (κ3) is 2.16. The van der Waals surface area contributed by atoms with E-state index in [9.17, 15) is 0 Å². The van der Waals surface area contributed by atoms with E-state index in [2.05, 4.69) is 88.4 Å². The van der Waals surface area contributed by atoms with Gasteiger partial charge in [0.05, 0.1) is 11.0 Å². The monoisotopic (exact) mass is 440 g/mol. The van der Waals surface area contributed by atoms with Crippen LogP contribution < -0.4 is 0 Å². The summed E-state index contributed by atoms with van der Waals surface area (Å²) in [6, 6.07) is 29.9. The third-order valence-electron chi connectivity index (χ3n) is 6.68. The van der Waals surface area contributed by atoms with E-state index in [4.69, 9.17) is 4.42 Å². The second-order valence-corrected chi connectivity index (χ2v) is 9.44. The van der Waals surface area contributed by atoms with Gasteiger partial charge in [-0.05, 0) is 30.3 Å². The first kappa shape index (κ1) is 17.4. The van der Waals surface area contributed by atoms with Crippen molar-refractivity contribution < 1.29 is 4.42 Å². The lowest BCUT2D eigenvalue weighted by atomic mass is 10.0. The molecular weight excluding hydrogens is 424 g/mol. The summed E-state index contributed by atoms with van der Waals surface area (Å²) in [5, 5.41) is 7.47. The average Bonchev–Trinajstić information content (AvgIpc) is 3.54. The molecule has 0 aliphatic carbocycles. The summed E-state index contributed by atoms with van der Waals surface area (Å²) in [4.78, 5) is 4.26. The Morgan fingerprint density at radius 2 is 1.39 bits per heavy atom. The van der Waals surface area contributed by atoms with Crippen LogP contribution in [-0.4, -0.2) is 9.55 Å². The summed E-state index contributed by atoms with van der Waals surface area (Å²) in [6.45, 7) is 0. The summed E-state index contributed by atoms with van der Waals surface area (Å²) in [5.74, 6) is 0. The van der Waals surface area contributed by atoms with Crippen LogP contribution in [0.15, 0.2) is 102 Å². The van der Waals surface area contributed by atoms with Gasteiger partial charge in [0.2, 0.25) is 0 Å². The fraction of sp³-hybridized carbons (Fsp3) is 0. The second kappa shape index (κ2) is 6.21. The maximum absolute atomic E-state index is 6.63. The van der Waals surface area contributed by atoms with Gasteiger partial charge in [-0.2, -0.15) is 0 Å². The Morgan fingerprint density at radius 3 is 2.27 bits per heavy atom. The first-order chi connectivity index (χ1) is 16.4. The molecule has 4 heterocycles. The molecule has 0 unspecified atom stereocenters. The van der Waals surface area contributed by atoms with E-state index < -0.39 is 0 Å². The molecule has 154 valence electrons. The number of aromatic nitrogens is 2. The van der Waals surface area contributed by atoms with Crippen molar-refractivity contribution in [1.82, 2.24) is 9.55 Å². The zero-order valence-corrected chi connectivity index (χ0v) is 18.3. The predicted octanol–water partition coefficient (Wildman–Crippen LogP) is 8.45. The van der Waals surface area contributed by atoms with Crippen molar-refractivity contribution in [3.8, 4) is 5.69 Å². The summed E-state index contributed by atoms with van der Waals surface area (Å²) in [6.07, 6.45) is 3.70. The number of benzene rings is 4. The Morgan fingerprint density at radius 1 is 0.667 bits per heavy atom. The highest BCUT2D eigenvalue weighted by molar-refractivity contribution is 7.27. The third-order valence-corrected chi connectivity index (χ3v) is 7.87. The van der Waals surface area contributed by atoms with Crippen molar-refractivity contribution in [1.29, 1.82) is 0 Å². The van der Waals surface area contributed by atoms with Gasteiger partial charge >= 0.3 is 0 Å². The second-order valence-electron chi connectivity index (χ2n) is 8.39. The molecule has 4 heteroatoms. The number of hydrogen-bond donors (Lipinski definition) is 0. The molecule has 0 aliphatic heterocycles. The van der Waals surface area contributed by atoms with Gasteiger partial charge in [0.15, 0.2) is 5.58 Å². The van der Waals surface area contributed by atoms with Gasteiger partial charge in [0.25, 0.3) is 0 Å². The van der Waals surface area contributed by atoms with E-state index in [1.54, 1.807) is 0 Å². The fourth-order valence-electron chi connectivity index (χ4n) is 5.38. The van der Waals surface area contributed by atoms with Crippen LogP contribution in [0.25, 0.3) is 69.6 Å². The van der Waals surface area contributed by atoms with Crippen LogP contribution in [-0.2, 0) is 0 Å². The molecule has 0 N–H and O–H groups in total. The first-order valence-corrected chi connectivity index (χ1v) is 11.8. The van der Waals surface area contributed by atoms with E-state index in [1.165, 1.54) is 41.8 Å².